The molecule has 0 saturated carbocycles. The van der Waals surface area contributed by atoms with E-state index in [1.54, 1.807) is 22.4 Å². The number of hydrogen-bond acceptors (Lipinski definition) is 7. The fraction of sp³-hybridized carbons (Fsp3) is 0.575. The summed E-state index contributed by atoms with van der Waals surface area (Å²) in [4.78, 5) is 22.7. The first-order valence-electron chi connectivity index (χ1n) is 19.0. The van der Waals surface area contributed by atoms with Crippen LogP contribution in [-0.4, -0.2) is 62.1 Å². The Morgan fingerprint density at radius 3 is 2.33 bits per heavy atom. The molecule has 10 nitrogen and oxygen atoms in total. The average Bonchev–Trinajstić information content (AvgIpc) is 3.76. The van der Waals surface area contributed by atoms with Crippen molar-refractivity contribution in [1.29, 1.82) is 5.26 Å². The maximum Gasteiger partial charge on any atom is 0.408 e. The molecule has 1 fully saturated rings. The molecule has 3 aromatic heterocycles. The van der Waals surface area contributed by atoms with Crippen molar-refractivity contribution in [3.05, 3.63) is 60.3 Å². The van der Waals surface area contributed by atoms with E-state index in [2.05, 4.69) is 41.9 Å². The van der Waals surface area contributed by atoms with Gasteiger partial charge in [0, 0.05) is 49.1 Å². The van der Waals surface area contributed by atoms with Gasteiger partial charge >= 0.3 is 6.18 Å². The lowest BCUT2D eigenvalue weighted by Gasteiger charge is -2.50. The highest BCUT2D eigenvalue weighted by Crippen LogP contribution is 2.39. The van der Waals surface area contributed by atoms with Gasteiger partial charge in [0.05, 0.1) is 35.6 Å². The summed E-state index contributed by atoms with van der Waals surface area (Å²) in [5.41, 5.74) is 0.523. The fourth-order valence-corrected chi connectivity index (χ4v) is 6.93. The number of aromatic nitrogens is 5. The molecule has 0 unspecified atom stereocenters. The molecular weight excluding hydrogens is 719 g/mol. The molecule has 1 aliphatic heterocycles. The molecule has 1 N–H and O–H groups in total. The topological polar surface area (TPSA) is 114 Å². The number of carbonyl (C=O) groups excluding carboxylic acids is 1. The van der Waals surface area contributed by atoms with Crippen LogP contribution in [0.2, 0.25) is 0 Å². The molecular formula is C40H51F5N8O2. The second-order valence-electron chi connectivity index (χ2n) is 15.9. The van der Waals surface area contributed by atoms with Gasteiger partial charge in [-0.05, 0) is 37.3 Å². The normalized spacial score (nSPS) is 14.9. The van der Waals surface area contributed by atoms with Crippen LogP contribution in [0.4, 0.5) is 27.6 Å². The molecule has 0 aliphatic carbocycles. The summed E-state index contributed by atoms with van der Waals surface area (Å²) in [5, 5.41) is 16.6. The number of ether oxygens (including phenoxy) is 1. The monoisotopic (exact) mass is 770 g/mol. The smallest absolute Gasteiger partial charge is 0.364 e. The van der Waals surface area contributed by atoms with Crippen LogP contribution in [0.25, 0.3) is 22.3 Å². The first-order chi connectivity index (χ1) is 26.1. The van der Waals surface area contributed by atoms with E-state index in [4.69, 9.17) is 4.74 Å². The van der Waals surface area contributed by atoms with E-state index in [1.807, 2.05) is 16.8 Å². The number of benzene rings is 1. The van der Waals surface area contributed by atoms with Crippen LogP contribution >= 0.6 is 0 Å². The molecule has 1 atom stereocenters. The van der Waals surface area contributed by atoms with E-state index in [-0.39, 0.29) is 25.2 Å². The van der Waals surface area contributed by atoms with E-state index in [9.17, 15) is 27.6 Å². The van der Waals surface area contributed by atoms with Crippen LogP contribution < -0.4 is 10.2 Å². The highest BCUT2D eigenvalue weighted by Gasteiger charge is 2.47. The van der Waals surface area contributed by atoms with Gasteiger partial charge in [-0.25, -0.2) is 18.7 Å². The van der Waals surface area contributed by atoms with Crippen molar-refractivity contribution in [2.75, 3.05) is 24.6 Å². The van der Waals surface area contributed by atoms with Crippen LogP contribution in [0.15, 0.2) is 43.1 Å². The molecule has 4 heterocycles. The van der Waals surface area contributed by atoms with Crippen LogP contribution in [0.1, 0.15) is 109 Å². The van der Waals surface area contributed by atoms with Gasteiger partial charge in [0.2, 0.25) is 0 Å². The number of nitrogens with one attached hydrogen (secondary N) is 1. The quantitative estimate of drug-likeness (QED) is 0.0747. The number of rotatable bonds is 19. The number of unbranched alkanes of at least 4 members (excludes halogenated alkanes) is 8. The van der Waals surface area contributed by atoms with Gasteiger partial charge in [-0.1, -0.05) is 72.1 Å². The summed E-state index contributed by atoms with van der Waals surface area (Å²) in [6.45, 7) is 8.79. The molecule has 1 saturated heterocycles. The third-order valence-electron chi connectivity index (χ3n) is 10.2. The van der Waals surface area contributed by atoms with Crippen molar-refractivity contribution in [2.24, 2.45) is 5.41 Å². The van der Waals surface area contributed by atoms with Crippen molar-refractivity contribution < 1.29 is 31.5 Å². The minimum Gasteiger partial charge on any atom is -0.364 e. The lowest BCUT2D eigenvalue weighted by atomic mass is 9.86. The van der Waals surface area contributed by atoms with Crippen molar-refractivity contribution >= 4 is 22.6 Å². The van der Waals surface area contributed by atoms with Crippen molar-refractivity contribution in [3.63, 3.8) is 0 Å². The van der Waals surface area contributed by atoms with Crippen molar-refractivity contribution in [2.45, 2.75) is 123 Å². The number of halogens is 5. The zero-order valence-electron chi connectivity index (χ0n) is 32.1. The van der Waals surface area contributed by atoms with Gasteiger partial charge in [-0.15, -0.1) is 0 Å². The van der Waals surface area contributed by atoms with Gasteiger partial charge < -0.3 is 19.5 Å². The summed E-state index contributed by atoms with van der Waals surface area (Å²) >= 11 is 0. The second kappa shape index (κ2) is 17.9. The maximum atomic E-state index is 15.2. The average molecular weight is 771 g/mol. The Kier molecular flexibility index (Phi) is 13.5. The minimum atomic E-state index is -4.75. The molecule has 0 spiro atoms. The molecule has 1 aliphatic rings. The highest BCUT2D eigenvalue weighted by atomic mass is 19.4. The van der Waals surface area contributed by atoms with Crippen LogP contribution in [-0.2, 0) is 17.0 Å². The SMILES string of the molecule is C[C@H](NC(=O)c1cc(F)c(N2CC(CC#N)(n3cc(-c4ncnc5c4ccn5COCCCCCCCCCCCC(C)(C)C)cn3)C2)cc1F)C(F)(F)F. The molecule has 0 bridgehead atoms. The number of nitrogens with zero attached hydrogens (tertiary/aromatic N) is 7. The molecule has 4 aromatic rings. The van der Waals surface area contributed by atoms with Crippen LogP contribution in [0.5, 0.6) is 0 Å². The molecule has 0 radical (unpaired) electrons. The Morgan fingerprint density at radius 2 is 1.67 bits per heavy atom. The first kappa shape index (κ1) is 41.6. The van der Waals surface area contributed by atoms with Gasteiger partial charge in [0.15, 0.2) is 0 Å². The highest BCUT2D eigenvalue weighted by molar-refractivity contribution is 5.95. The molecule has 1 aromatic carbocycles. The fourth-order valence-electron chi connectivity index (χ4n) is 6.93. The predicted octanol–water partition coefficient (Wildman–Crippen LogP) is 9.30. The Morgan fingerprint density at radius 1 is 1.00 bits per heavy atom. The molecule has 1 amide bonds. The predicted molar refractivity (Wildman–Crippen MR) is 200 cm³/mol. The zero-order valence-corrected chi connectivity index (χ0v) is 32.1. The Hall–Kier alpha value is -4.58. The second-order valence-corrected chi connectivity index (χ2v) is 15.9. The van der Waals surface area contributed by atoms with E-state index in [0.29, 0.717) is 48.6 Å². The van der Waals surface area contributed by atoms with Crippen LogP contribution in [0.3, 0.4) is 0 Å². The number of hydrogen-bond donors (Lipinski definition) is 1. The van der Waals surface area contributed by atoms with Gasteiger partial charge in [-0.3, -0.25) is 9.48 Å². The Balaban J connectivity index is 1.13. The largest absolute Gasteiger partial charge is 0.408 e. The lowest BCUT2D eigenvalue weighted by Crippen LogP contribution is -2.63. The molecule has 55 heavy (non-hydrogen) atoms. The van der Waals surface area contributed by atoms with E-state index in [1.165, 1.54) is 62.6 Å². The van der Waals surface area contributed by atoms with Crippen molar-refractivity contribution in [3.8, 4) is 17.3 Å². The summed E-state index contributed by atoms with van der Waals surface area (Å²) in [7, 11) is 0. The molecule has 298 valence electrons. The summed E-state index contributed by atoms with van der Waals surface area (Å²) in [6, 6.07) is 3.17. The van der Waals surface area contributed by atoms with E-state index >= 15 is 4.39 Å². The van der Waals surface area contributed by atoms with E-state index < -0.39 is 40.9 Å². The van der Waals surface area contributed by atoms with Crippen LogP contribution in [0, 0.1) is 28.4 Å². The summed E-state index contributed by atoms with van der Waals surface area (Å²) in [5.74, 6) is -3.55. The summed E-state index contributed by atoms with van der Waals surface area (Å²) < 4.78 is 78.2. The Bertz CT molecular complexity index is 1940. The number of nitriles is 1. The minimum absolute atomic E-state index is 0.00922. The van der Waals surface area contributed by atoms with Gasteiger partial charge in [0.1, 0.15) is 41.9 Å². The van der Waals surface area contributed by atoms with E-state index in [0.717, 1.165) is 24.3 Å². The molecule has 15 heteroatoms. The first-order valence-corrected chi connectivity index (χ1v) is 19.0. The van der Waals surface area contributed by atoms with Crippen molar-refractivity contribution in [1.82, 2.24) is 29.6 Å². The summed E-state index contributed by atoms with van der Waals surface area (Å²) in [6.07, 6.45) is 14.5. The zero-order chi connectivity index (χ0) is 39.8. The maximum absolute atomic E-state index is 15.2. The third-order valence-corrected chi connectivity index (χ3v) is 10.2. The number of anilines is 1. The number of fused-ring (bicyclic) bond motifs is 1. The number of carbonyl (C=O) groups is 1. The number of alkyl halides is 3. The Labute approximate surface area is 319 Å². The standard InChI is InChI=1S/C40H51F5N8O2/c1-28(40(43,44)45)50-37(54)31-20-33(42)34(21-32(31)41)52-24-39(25-52,16-17-46)53-23-29(22-49-53)35-30-14-18-51(36(30)48-26-47-35)27-55-19-13-11-9-7-5-6-8-10-12-15-38(2,3)4/h14,18,20-23,26,28H,5-13,15-16,19,24-25,27H2,1-4H3,(H,50,54)/t28-/m0/s1. The number of amides is 1. The molecule has 5 rings (SSSR count). The van der Waals surface area contributed by atoms with Gasteiger partial charge in [0.25, 0.3) is 5.91 Å². The third kappa shape index (κ3) is 10.6. The van der Waals surface area contributed by atoms with Gasteiger partial charge in [-0.2, -0.15) is 23.5 Å². The lowest BCUT2D eigenvalue weighted by molar-refractivity contribution is -0.149.